The number of rotatable bonds is 22. The fourth-order valence-electron chi connectivity index (χ4n) is 10.1. The van der Waals surface area contributed by atoms with Gasteiger partial charge in [-0.3, -0.25) is 28.8 Å². The average Bonchev–Trinajstić information content (AvgIpc) is 1.68. The third-order valence-electron chi connectivity index (χ3n) is 16.5. The summed E-state index contributed by atoms with van der Waals surface area (Å²) in [4.78, 5) is 90.9. The Morgan fingerprint density at radius 3 is 1.04 bits per heavy atom. The van der Waals surface area contributed by atoms with E-state index in [0.717, 1.165) is 0 Å². The van der Waals surface area contributed by atoms with Gasteiger partial charge in [0.2, 0.25) is 0 Å². The van der Waals surface area contributed by atoms with Gasteiger partial charge >= 0.3 is 29.8 Å². The molecule has 33 heteroatoms. The highest BCUT2D eigenvalue weighted by Crippen LogP contribution is 2.34. The van der Waals surface area contributed by atoms with E-state index in [-0.39, 0.29) is 67.9 Å². The Labute approximate surface area is 572 Å². The molecule has 0 spiro atoms. The quantitative estimate of drug-likeness (QED) is 0.0500. The summed E-state index contributed by atoms with van der Waals surface area (Å²) in [6.07, 6.45) is 6.26. The number of nitrogens with zero attached hydrogens (tertiary/aromatic N) is 7. The van der Waals surface area contributed by atoms with Crippen molar-refractivity contribution in [3.63, 3.8) is 0 Å². The summed E-state index contributed by atoms with van der Waals surface area (Å²) >= 11 is 0. The Balaban J connectivity index is 0.000000237. The van der Waals surface area contributed by atoms with Gasteiger partial charge in [-0.1, -0.05) is 95.6 Å². The highest BCUT2D eigenvalue weighted by atomic mass is 16.6. The zero-order chi connectivity index (χ0) is 73.3. The summed E-state index contributed by atoms with van der Waals surface area (Å²) in [5.74, 6) is -0.358. The Kier molecular flexibility index (Phi) is 30.1. The molecule has 98 heavy (non-hydrogen) atoms. The third-order valence-corrected chi connectivity index (χ3v) is 16.5. The van der Waals surface area contributed by atoms with Crippen LogP contribution in [-0.2, 0) is 71.4 Å². The summed E-state index contributed by atoms with van der Waals surface area (Å²) in [7, 11) is 0. The van der Waals surface area contributed by atoms with Crippen LogP contribution >= 0.6 is 0 Å². The number of aliphatic hydroxyl groups excluding tert-OH is 3. The number of amidine groups is 3. The largest absolute Gasteiger partial charge is 0.463 e. The number of esters is 5. The van der Waals surface area contributed by atoms with Crippen molar-refractivity contribution in [2.24, 2.45) is 84.7 Å². The van der Waals surface area contributed by atoms with Gasteiger partial charge in [-0.15, -0.1) is 0 Å². The minimum absolute atomic E-state index is 0.0299. The van der Waals surface area contributed by atoms with E-state index in [1.165, 1.54) is 0 Å². The van der Waals surface area contributed by atoms with E-state index in [4.69, 9.17) is 82.8 Å². The monoisotopic (exact) mass is 1380 g/mol. The molecule has 1 amide bonds. The van der Waals surface area contributed by atoms with Crippen molar-refractivity contribution in [2.75, 3.05) is 26.4 Å². The van der Waals surface area contributed by atoms with Crippen molar-refractivity contribution in [2.45, 2.75) is 200 Å². The van der Waals surface area contributed by atoms with Crippen molar-refractivity contribution in [3.05, 3.63) is 98.2 Å². The van der Waals surface area contributed by atoms with Crippen LogP contribution in [0.4, 0.5) is 0 Å². The molecule has 18 N–H and O–H groups in total. The van der Waals surface area contributed by atoms with Crippen molar-refractivity contribution >= 4 is 53.3 Å². The molecule has 8 aliphatic rings. The number of amides is 1. The van der Waals surface area contributed by atoms with Crippen LogP contribution in [0, 0.1) is 29.6 Å². The molecule has 0 bridgehead atoms. The highest BCUT2D eigenvalue weighted by Gasteiger charge is 2.46. The SMILES string of the molecule is C=C1N=C(N)C=CN1[C@H]1C[C@@H](OC(=O)C(N)C(C)C)[C@@H](CO)O1.C=C1N=C(N)C=CN1[C@H]1C[C@@H](OC(=O)C(N)C(C)C)[C@@H](CO)O1.C=C1N=C(N)C=CN1[C@H]1C[C@@H](OC(=O)C(N)C(C)C)[C@@H](COC(=O)C(C)C)O1.C=C1NC(=O)C(C)=CN1[C@H]1C[C@@H](OC(=O)C(N)C(C)C)[C@@H](CO)O1. The molecule has 4 unspecified atom stereocenters. The molecule has 8 heterocycles. The first-order chi connectivity index (χ1) is 46.0. The van der Waals surface area contributed by atoms with Crippen molar-refractivity contribution < 1.29 is 86.7 Å². The fraction of sp³-hybridized carbons (Fsp3) is 0.615. The lowest BCUT2D eigenvalue weighted by atomic mass is 10.1. The smallest absolute Gasteiger partial charge is 0.323 e. The van der Waals surface area contributed by atoms with Gasteiger partial charge in [0, 0.05) is 56.1 Å². The van der Waals surface area contributed by atoms with E-state index in [1.807, 2.05) is 55.4 Å². The summed E-state index contributed by atoms with van der Waals surface area (Å²) in [6, 6.07) is -2.88. The maximum atomic E-state index is 12.3. The predicted octanol–water partition coefficient (Wildman–Crippen LogP) is -0.0580. The van der Waals surface area contributed by atoms with Gasteiger partial charge in [0.05, 0.1) is 25.7 Å². The zero-order valence-electron chi connectivity index (χ0n) is 57.8. The lowest BCUT2D eigenvalue weighted by molar-refractivity contribution is -0.162. The van der Waals surface area contributed by atoms with Crippen LogP contribution in [0.2, 0.25) is 0 Å². The minimum atomic E-state index is -0.743. The molecule has 33 nitrogen and oxygen atoms in total. The second kappa shape index (κ2) is 36.7. The summed E-state index contributed by atoms with van der Waals surface area (Å²) in [5.41, 5.74) is 40.7. The molecular formula is C65H103N15O18. The average molecular weight is 1380 g/mol. The molecule has 0 aromatic rings. The molecule has 0 aliphatic carbocycles. The van der Waals surface area contributed by atoms with Crippen LogP contribution in [0.25, 0.3) is 0 Å². The first kappa shape index (κ1) is 80.6. The normalized spacial score (nSPS) is 28.0. The Hall–Kier alpha value is -8.09. The van der Waals surface area contributed by atoms with Crippen LogP contribution in [-0.4, -0.2) is 213 Å². The van der Waals surface area contributed by atoms with Gasteiger partial charge < -0.3 is 123 Å². The number of ether oxygens (including phenoxy) is 9. The number of carbonyl (C=O) groups is 6. The maximum absolute atomic E-state index is 12.3. The second-order valence-corrected chi connectivity index (χ2v) is 25.9. The zero-order valence-corrected chi connectivity index (χ0v) is 57.8. The van der Waals surface area contributed by atoms with Crippen molar-refractivity contribution in [3.8, 4) is 0 Å². The molecular weight excluding hydrogens is 1280 g/mol. The van der Waals surface area contributed by atoms with Gasteiger partial charge in [0.25, 0.3) is 5.91 Å². The van der Waals surface area contributed by atoms with Gasteiger partial charge in [-0.05, 0) is 48.8 Å². The van der Waals surface area contributed by atoms with Gasteiger partial charge in [-0.25, -0.2) is 15.0 Å². The lowest BCUT2D eigenvalue weighted by Gasteiger charge is -2.32. The molecule has 4 saturated heterocycles. The van der Waals surface area contributed by atoms with E-state index in [9.17, 15) is 44.1 Å². The standard InChI is InChI=1S/C19H30N4O5.C16H25N3O5.2C15H24N4O4/c1-10(2)17(21)19(25)28-13-8-16(23-7-6-15(20)22-12(23)5)27-14(13)9-26-18(24)11(3)4;1-8(2)14(17)16(22)24-11-5-13(23-12(11)7-20)19-6-9(3)15(21)18-10(19)4;2*1-8(2)14(17)15(21)23-10-6-13(22-11(10)7-20)19-5-4-12(16)18-9(19)3/h6-7,10-11,13-14,16-17H,5,8-9,21H2,1-4H3,(H2,20,22);6,8,11-14,20H,4-5,7,17H2,1-3H3,(H,18,21);2*4-5,8,10-11,13-14,20H,3,6-7,17H2,1-2H3,(H2,16,18)/t13-,14-,16-,17?;11-,12-,13-,14?;2*10-,11-,13-,14?/m1111/s1. The molecule has 4 fully saturated rings. The molecule has 0 aromatic heterocycles. The van der Waals surface area contributed by atoms with Crippen LogP contribution in [0.5, 0.6) is 0 Å². The lowest BCUT2D eigenvalue weighted by Crippen LogP contribution is -2.42. The van der Waals surface area contributed by atoms with E-state index in [0.29, 0.717) is 72.0 Å². The van der Waals surface area contributed by atoms with Gasteiger partial charge in [-0.2, -0.15) is 0 Å². The number of aliphatic imine (C=N–C) groups is 3. The fourth-order valence-corrected chi connectivity index (χ4v) is 10.1. The Morgan fingerprint density at radius 1 is 0.500 bits per heavy atom. The Morgan fingerprint density at radius 2 is 0.776 bits per heavy atom. The van der Waals surface area contributed by atoms with E-state index in [2.05, 4.69) is 46.6 Å². The summed E-state index contributed by atoms with van der Waals surface area (Å²) in [6.45, 7) is 34.3. The molecule has 0 radical (unpaired) electrons. The van der Waals surface area contributed by atoms with Gasteiger partial charge in [0.1, 0.15) is 145 Å². The number of hydrogen-bond acceptors (Lipinski definition) is 32. The van der Waals surface area contributed by atoms with E-state index >= 15 is 0 Å². The van der Waals surface area contributed by atoms with Crippen LogP contribution < -0.4 is 45.5 Å². The number of nitrogens with two attached hydrogens (primary N) is 7. The summed E-state index contributed by atoms with van der Waals surface area (Å²) < 4.78 is 50.4. The molecule has 8 rings (SSSR count). The van der Waals surface area contributed by atoms with E-state index < -0.39 is 122 Å². The number of nitrogens with one attached hydrogen (secondary N) is 1. The van der Waals surface area contributed by atoms with Crippen LogP contribution in [0.15, 0.2) is 113 Å². The molecule has 546 valence electrons. The molecule has 16 atom stereocenters. The molecule has 0 saturated carbocycles. The minimum Gasteiger partial charge on any atom is -0.463 e. The van der Waals surface area contributed by atoms with Crippen molar-refractivity contribution in [1.29, 1.82) is 0 Å². The first-order valence-corrected chi connectivity index (χ1v) is 32.4. The van der Waals surface area contributed by atoms with Gasteiger partial charge in [0.15, 0.2) is 0 Å². The summed E-state index contributed by atoms with van der Waals surface area (Å²) in [5, 5.41) is 31.1. The number of carbonyl (C=O) groups excluding carboxylic acids is 6. The second-order valence-electron chi connectivity index (χ2n) is 25.9. The topological polar surface area (TPSA) is 490 Å². The highest BCUT2D eigenvalue weighted by molar-refractivity contribution is 5.95. The predicted molar refractivity (Wildman–Crippen MR) is 359 cm³/mol. The third kappa shape index (κ3) is 22.0. The van der Waals surface area contributed by atoms with Crippen molar-refractivity contribution in [1.82, 2.24) is 24.9 Å². The van der Waals surface area contributed by atoms with Crippen LogP contribution in [0.1, 0.15) is 102 Å². The molecule has 8 aliphatic heterocycles. The first-order valence-electron chi connectivity index (χ1n) is 32.4. The maximum Gasteiger partial charge on any atom is 0.323 e. The number of hydrogen-bond donors (Lipinski definition) is 11. The van der Waals surface area contributed by atoms with Crippen LogP contribution in [0.3, 0.4) is 0 Å². The Bertz CT molecular complexity index is 3000. The molecule has 0 aromatic carbocycles. The van der Waals surface area contributed by atoms with E-state index in [1.54, 1.807) is 83.4 Å². The number of aliphatic hydroxyl groups is 3.